The Kier molecular flexibility index (Phi) is 3.01. The summed E-state index contributed by atoms with van der Waals surface area (Å²) < 4.78 is 18.1. The van der Waals surface area contributed by atoms with Gasteiger partial charge in [0.15, 0.2) is 12.0 Å². The molecule has 2 aliphatic rings. The average Bonchev–Trinajstić information content (AvgIpc) is 2.83. The number of fused-ring (bicyclic) bond motifs is 1. The Bertz CT molecular complexity index is 574. The van der Waals surface area contributed by atoms with Gasteiger partial charge in [0.05, 0.1) is 12.8 Å². The van der Waals surface area contributed by atoms with Crippen LogP contribution in [0.4, 0.5) is 5.82 Å². The van der Waals surface area contributed by atoms with Gasteiger partial charge >= 0.3 is 5.69 Å². The molecular weight excluding hydrogens is 268 g/mol. The third-order valence-corrected chi connectivity index (χ3v) is 3.28. The van der Waals surface area contributed by atoms with E-state index in [4.69, 9.17) is 19.9 Å². The molecular formula is C11H16N4O5. The number of ether oxygens (including phenoxy) is 3. The highest BCUT2D eigenvalue weighted by molar-refractivity contribution is 5.19. The molecule has 0 bridgehead atoms. The van der Waals surface area contributed by atoms with Crippen LogP contribution in [0.25, 0.3) is 0 Å². The normalized spacial score (nSPS) is 35.1. The van der Waals surface area contributed by atoms with Gasteiger partial charge in [-0.25, -0.2) is 4.79 Å². The monoisotopic (exact) mass is 284 g/mol. The van der Waals surface area contributed by atoms with Crippen LogP contribution in [0, 0.1) is 0 Å². The maximum atomic E-state index is 11.8. The van der Waals surface area contributed by atoms with Crippen molar-refractivity contribution < 1.29 is 19.3 Å². The number of rotatable bonds is 2. The van der Waals surface area contributed by atoms with E-state index in [2.05, 4.69) is 10.1 Å². The second kappa shape index (κ2) is 4.48. The standard InChI is InChI=1S/C11H16N4O5/c1-11(2)19-7-5(4-16)18-9(8(7)20-11)15-10(17)14-6(12)3-13-15/h3,5,7-9,16H,4H2,1-2H3,(H2,12,14,17)/t5-,7+,8-,9-/m1/s1. The molecule has 0 aliphatic carbocycles. The van der Waals surface area contributed by atoms with Crippen molar-refractivity contribution in [1.82, 2.24) is 14.8 Å². The minimum Gasteiger partial charge on any atom is -0.394 e. The van der Waals surface area contributed by atoms with Crippen molar-refractivity contribution in [2.75, 3.05) is 12.3 Å². The molecule has 3 rings (SSSR count). The molecule has 110 valence electrons. The molecule has 0 aromatic carbocycles. The molecule has 0 radical (unpaired) electrons. The molecule has 20 heavy (non-hydrogen) atoms. The number of aromatic nitrogens is 3. The van der Waals surface area contributed by atoms with E-state index in [0.717, 1.165) is 4.68 Å². The molecule has 9 nitrogen and oxygen atoms in total. The molecule has 0 unspecified atom stereocenters. The molecule has 1 aromatic heterocycles. The van der Waals surface area contributed by atoms with Crippen LogP contribution in [-0.4, -0.2) is 50.6 Å². The number of nitrogens with two attached hydrogens (primary N) is 1. The predicted octanol–water partition coefficient (Wildman–Crippen LogP) is -1.37. The topological polar surface area (TPSA) is 122 Å². The Balaban J connectivity index is 1.96. The summed E-state index contributed by atoms with van der Waals surface area (Å²) in [7, 11) is 0. The van der Waals surface area contributed by atoms with Crippen LogP contribution in [0.1, 0.15) is 20.1 Å². The SMILES string of the molecule is CC1(C)O[C@@H]2[C@@H](O1)[C@@H](CO)O[C@H]2n1ncc(N)nc1=O. The Morgan fingerprint density at radius 1 is 1.45 bits per heavy atom. The quantitative estimate of drug-likeness (QED) is 0.682. The lowest BCUT2D eigenvalue weighted by molar-refractivity contribution is -0.202. The van der Waals surface area contributed by atoms with E-state index in [0.29, 0.717) is 0 Å². The average molecular weight is 284 g/mol. The van der Waals surface area contributed by atoms with Gasteiger partial charge in [-0.05, 0) is 13.8 Å². The minimum absolute atomic E-state index is 0.0309. The lowest BCUT2D eigenvalue weighted by Crippen LogP contribution is -2.36. The zero-order chi connectivity index (χ0) is 14.5. The molecule has 0 amide bonds. The maximum Gasteiger partial charge on any atom is 0.368 e. The fraction of sp³-hybridized carbons (Fsp3) is 0.727. The summed E-state index contributed by atoms with van der Waals surface area (Å²) in [5.74, 6) is -0.779. The summed E-state index contributed by atoms with van der Waals surface area (Å²) >= 11 is 0. The van der Waals surface area contributed by atoms with E-state index < -0.39 is 36.0 Å². The number of hydrogen-bond acceptors (Lipinski definition) is 8. The van der Waals surface area contributed by atoms with E-state index in [1.54, 1.807) is 13.8 Å². The second-order valence-electron chi connectivity index (χ2n) is 5.22. The van der Waals surface area contributed by atoms with Crippen LogP contribution in [0.5, 0.6) is 0 Å². The van der Waals surface area contributed by atoms with Crippen molar-refractivity contribution in [1.29, 1.82) is 0 Å². The van der Waals surface area contributed by atoms with Crippen LogP contribution < -0.4 is 11.4 Å². The van der Waals surface area contributed by atoms with E-state index in [-0.39, 0.29) is 12.4 Å². The number of nitrogen functional groups attached to an aromatic ring is 1. The smallest absolute Gasteiger partial charge is 0.368 e. The molecule has 9 heteroatoms. The number of aliphatic hydroxyl groups is 1. The molecule has 3 heterocycles. The van der Waals surface area contributed by atoms with Crippen molar-refractivity contribution in [3.8, 4) is 0 Å². The third-order valence-electron chi connectivity index (χ3n) is 3.28. The first-order chi connectivity index (χ1) is 9.41. The van der Waals surface area contributed by atoms with Crippen molar-refractivity contribution >= 4 is 5.82 Å². The molecule has 2 saturated heterocycles. The first kappa shape index (κ1) is 13.4. The molecule has 1 aromatic rings. The van der Waals surface area contributed by atoms with Crippen LogP contribution in [0.15, 0.2) is 11.0 Å². The predicted molar refractivity (Wildman–Crippen MR) is 65.5 cm³/mol. The van der Waals surface area contributed by atoms with Crippen molar-refractivity contribution in [2.45, 2.75) is 44.2 Å². The van der Waals surface area contributed by atoms with Crippen molar-refractivity contribution in [3.63, 3.8) is 0 Å². The van der Waals surface area contributed by atoms with Gasteiger partial charge in [0, 0.05) is 0 Å². The van der Waals surface area contributed by atoms with Crippen LogP contribution >= 0.6 is 0 Å². The lowest BCUT2D eigenvalue weighted by Gasteiger charge is -2.23. The first-order valence-corrected chi connectivity index (χ1v) is 6.24. The number of anilines is 1. The highest BCUT2D eigenvalue weighted by Gasteiger charge is 2.56. The van der Waals surface area contributed by atoms with Gasteiger partial charge in [-0.2, -0.15) is 14.8 Å². The molecule has 0 saturated carbocycles. The van der Waals surface area contributed by atoms with Crippen molar-refractivity contribution in [3.05, 3.63) is 16.7 Å². The lowest BCUT2D eigenvalue weighted by atomic mass is 10.1. The van der Waals surface area contributed by atoms with Crippen LogP contribution in [0.2, 0.25) is 0 Å². The summed E-state index contributed by atoms with van der Waals surface area (Å²) in [6, 6.07) is 0. The fourth-order valence-corrected chi connectivity index (χ4v) is 2.54. The molecule has 4 atom stereocenters. The zero-order valence-electron chi connectivity index (χ0n) is 11.1. The van der Waals surface area contributed by atoms with Crippen LogP contribution in [0.3, 0.4) is 0 Å². The van der Waals surface area contributed by atoms with Gasteiger partial charge in [-0.15, -0.1) is 0 Å². The number of nitrogens with zero attached hydrogens (tertiary/aromatic N) is 3. The highest BCUT2D eigenvalue weighted by Crippen LogP contribution is 2.42. The minimum atomic E-state index is -0.810. The molecule has 2 aliphatic heterocycles. The summed E-state index contributed by atoms with van der Waals surface area (Å²) in [4.78, 5) is 15.4. The Morgan fingerprint density at radius 2 is 2.15 bits per heavy atom. The number of aliphatic hydroxyl groups excluding tert-OH is 1. The number of hydrogen-bond donors (Lipinski definition) is 2. The summed E-state index contributed by atoms with van der Waals surface area (Å²) in [6.45, 7) is 3.27. The third kappa shape index (κ3) is 2.08. The van der Waals surface area contributed by atoms with Gasteiger partial charge in [0.25, 0.3) is 0 Å². The maximum absolute atomic E-state index is 11.8. The highest BCUT2D eigenvalue weighted by atomic mass is 16.8. The Morgan fingerprint density at radius 3 is 2.80 bits per heavy atom. The van der Waals surface area contributed by atoms with Gasteiger partial charge in [0.1, 0.15) is 24.1 Å². The Labute approximate surface area is 114 Å². The van der Waals surface area contributed by atoms with Gasteiger partial charge in [-0.3, -0.25) is 0 Å². The van der Waals surface area contributed by atoms with Crippen molar-refractivity contribution in [2.24, 2.45) is 0 Å². The fourth-order valence-electron chi connectivity index (χ4n) is 2.54. The van der Waals surface area contributed by atoms with Crippen LogP contribution in [-0.2, 0) is 14.2 Å². The van der Waals surface area contributed by atoms with E-state index in [9.17, 15) is 9.90 Å². The summed E-state index contributed by atoms with van der Waals surface area (Å²) in [5, 5.41) is 13.3. The van der Waals surface area contributed by atoms with E-state index >= 15 is 0 Å². The van der Waals surface area contributed by atoms with Gasteiger partial charge in [-0.1, -0.05) is 0 Å². The van der Waals surface area contributed by atoms with Gasteiger partial charge in [0.2, 0.25) is 0 Å². The first-order valence-electron chi connectivity index (χ1n) is 6.24. The van der Waals surface area contributed by atoms with Gasteiger partial charge < -0.3 is 25.1 Å². The Hall–Kier alpha value is -1.55. The summed E-state index contributed by atoms with van der Waals surface area (Å²) in [6.07, 6.45) is -1.14. The molecule has 3 N–H and O–H groups in total. The van der Waals surface area contributed by atoms with E-state index in [1.165, 1.54) is 6.20 Å². The van der Waals surface area contributed by atoms with E-state index in [1.807, 2.05) is 0 Å². The molecule has 0 spiro atoms. The largest absolute Gasteiger partial charge is 0.394 e. The second-order valence-corrected chi connectivity index (χ2v) is 5.22. The summed E-state index contributed by atoms with van der Waals surface area (Å²) in [5.41, 5.74) is 4.77. The zero-order valence-corrected chi connectivity index (χ0v) is 11.1. The molecule has 2 fully saturated rings.